The van der Waals surface area contributed by atoms with E-state index in [0.29, 0.717) is 25.7 Å². The largest absolute Gasteiger partial charge is 0.462 e. The predicted octanol–water partition coefficient (Wildman–Crippen LogP) is 1.78. The lowest BCUT2D eigenvalue weighted by Crippen LogP contribution is -2.51. The Balaban J connectivity index is 2.45. The Labute approximate surface area is 85.1 Å². The van der Waals surface area contributed by atoms with Gasteiger partial charge in [-0.3, -0.25) is 0 Å². The number of carbonyl (C=O) groups excluding carboxylic acids is 1. The quantitative estimate of drug-likeness (QED) is 0.499. The van der Waals surface area contributed by atoms with Crippen LogP contribution in [0.2, 0.25) is 0 Å². The number of rotatable bonds is 5. The molecule has 3 nitrogen and oxygen atoms in total. The van der Waals surface area contributed by atoms with Crippen molar-refractivity contribution >= 4 is 5.97 Å². The predicted molar refractivity (Wildman–Crippen MR) is 53.9 cm³/mol. The van der Waals surface area contributed by atoms with Crippen LogP contribution in [0.5, 0.6) is 0 Å². The molecule has 0 aromatic carbocycles. The highest BCUT2D eigenvalue weighted by molar-refractivity contribution is 5.81. The number of hydrogen-bond acceptors (Lipinski definition) is 3. The van der Waals surface area contributed by atoms with Gasteiger partial charge in [0.2, 0.25) is 0 Å². The lowest BCUT2D eigenvalue weighted by molar-refractivity contribution is -0.181. The molecule has 1 rings (SSSR count). The molecule has 1 heterocycles. The molecule has 0 radical (unpaired) electrons. The summed E-state index contributed by atoms with van der Waals surface area (Å²) >= 11 is 0. The van der Waals surface area contributed by atoms with E-state index < -0.39 is 0 Å². The van der Waals surface area contributed by atoms with Crippen LogP contribution in [-0.4, -0.2) is 25.8 Å². The topological polar surface area (TPSA) is 35.5 Å². The molecule has 0 amide bonds. The fraction of sp³-hybridized carbons (Fsp3) is 0.727. The number of ether oxygens (including phenoxy) is 2. The summed E-state index contributed by atoms with van der Waals surface area (Å²) in [7, 11) is 0. The van der Waals surface area contributed by atoms with Gasteiger partial charge in [0.05, 0.1) is 18.6 Å². The van der Waals surface area contributed by atoms with Gasteiger partial charge in [-0.05, 0) is 5.92 Å². The molecule has 1 aliphatic rings. The highest BCUT2D eigenvalue weighted by atomic mass is 16.5. The summed E-state index contributed by atoms with van der Waals surface area (Å²) in [5.74, 6) is 0.174. The SMILES string of the molecule is C=CC(=O)OCC1(C(C)CC)COC1. The molecule has 0 aromatic heterocycles. The number of hydrogen-bond donors (Lipinski definition) is 0. The van der Waals surface area contributed by atoms with Crippen LogP contribution >= 0.6 is 0 Å². The maximum atomic E-state index is 10.9. The summed E-state index contributed by atoms with van der Waals surface area (Å²) in [5, 5.41) is 0. The fourth-order valence-electron chi connectivity index (χ4n) is 1.58. The van der Waals surface area contributed by atoms with Crippen LogP contribution < -0.4 is 0 Å². The van der Waals surface area contributed by atoms with E-state index in [4.69, 9.17) is 9.47 Å². The van der Waals surface area contributed by atoms with Gasteiger partial charge < -0.3 is 9.47 Å². The maximum absolute atomic E-state index is 10.9. The molecule has 1 atom stereocenters. The fourth-order valence-corrected chi connectivity index (χ4v) is 1.58. The van der Waals surface area contributed by atoms with Crippen molar-refractivity contribution in [1.82, 2.24) is 0 Å². The van der Waals surface area contributed by atoms with Gasteiger partial charge in [0, 0.05) is 6.08 Å². The van der Waals surface area contributed by atoms with Crippen LogP contribution in [0, 0.1) is 11.3 Å². The minimum atomic E-state index is -0.348. The maximum Gasteiger partial charge on any atom is 0.330 e. The molecule has 80 valence electrons. The van der Waals surface area contributed by atoms with Gasteiger partial charge in [-0.15, -0.1) is 0 Å². The lowest BCUT2D eigenvalue weighted by Gasteiger charge is -2.45. The molecule has 1 unspecified atom stereocenters. The Bertz CT molecular complexity index is 219. The van der Waals surface area contributed by atoms with E-state index in [9.17, 15) is 4.79 Å². The van der Waals surface area contributed by atoms with Crippen molar-refractivity contribution in [3.63, 3.8) is 0 Å². The summed E-state index contributed by atoms with van der Waals surface area (Å²) in [6, 6.07) is 0. The summed E-state index contributed by atoms with van der Waals surface area (Å²) in [6.45, 7) is 9.53. The van der Waals surface area contributed by atoms with Crippen LogP contribution in [0.25, 0.3) is 0 Å². The monoisotopic (exact) mass is 198 g/mol. The Hall–Kier alpha value is -0.830. The highest BCUT2D eigenvalue weighted by Crippen LogP contribution is 2.37. The van der Waals surface area contributed by atoms with Crippen molar-refractivity contribution in [2.24, 2.45) is 11.3 Å². The smallest absolute Gasteiger partial charge is 0.330 e. The summed E-state index contributed by atoms with van der Waals surface area (Å²) in [4.78, 5) is 10.9. The molecule has 0 aromatic rings. The summed E-state index contributed by atoms with van der Waals surface area (Å²) in [5.41, 5.74) is 0.0490. The molecule has 1 saturated heterocycles. The van der Waals surface area contributed by atoms with Crippen molar-refractivity contribution in [1.29, 1.82) is 0 Å². The molecule has 0 N–H and O–H groups in total. The molecule has 0 bridgehead atoms. The standard InChI is InChI=1S/C11H18O3/c1-4-9(3)11(6-13-7-11)8-14-10(12)5-2/h5,9H,2,4,6-8H2,1,3H3. The van der Waals surface area contributed by atoms with Crippen molar-refractivity contribution in [3.05, 3.63) is 12.7 Å². The Morgan fingerprint density at radius 2 is 2.36 bits per heavy atom. The van der Waals surface area contributed by atoms with E-state index in [1.807, 2.05) is 0 Å². The van der Waals surface area contributed by atoms with Gasteiger partial charge in [-0.1, -0.05) is 26.8 Å². The normalized spacial score (nSPS) is 20.7. The van der Waals surface area contributed by atoms with Crippen molar-refractivity contribution in [2.75, 3.05) is 19.8 Å². The molecule has 0 saturated carbocycles. The average molecular weight is 198 g/mol. The highest BCUT2D eigenvalue weighted by Gasteiger charge is 2.43. The molecular weight excluding hydrogens is 180 g/mol. The Kier molecular flexibility index (Phi) is 3.69. The minimum Gasteiger partial charge on any atom is -0.462 e. The molecule has 1 aliphatic heterocycles. The average Bonchev–Trinajstić information content (AvgIpc) is 2.15. The van der Waals surface area contributed by atoms with Crippen molar-refractivity contribution < 1.29 is 14.3 Å². The third-order valence-electron chi connectivity index (χ3n) is 3.11. The molecular formula is C11H18O3. The Morgan fingerprint density at radius 1 is 1.71 bits per heavy atom. The van der Waals surface area contributed by atoms with Gasteiger partial charge in [-0.25, -0.2) is 4.79 Å². The van der Waals surface area contributed by atoms with E-state index in [0.717, 1.165) is 6.42 Å². The van der Waals surface area contributed by atoms with Crippen LogP contribution in [0.15, 0.2) is 12.7 Å². The molecule has 3 heteroatoms. The van der Waals surface area contributed by atoms with Crippen LogP contribution in [0.1, 0.15) is 20.3 Å². The third kappa shape index (κ3) is 2.15. The van der Waals surface area contributed by atoms with Crippen molar-refractivity contribution in [2.45, 2.75) is 20.3 Å². The van der Waals surface area contributed by atoms with E-state index in [2.05, 4.69) is 20.4 Å². The second kappa shape index (κ2) is 4.60. The van der Waals surface area contributed by atoms with E-state index in [1.54, 1.807) is 0 Å². The zero-order valence-electron chi connectivity index (χ0n) is 8.91. The zero-order chi connectivity index (χ0) is 10.6. The van der Waals surface area contributed by atoms with E-state index in [1.165, 1.54) is 6.08 Å². The first-order valence-electron chi connectivity index (χ1n) is 5.01. The first kappa shape index (κ1) is 11.2. The summed E-state index contributed by atoms with van der Waals surface area (Å²) < 4.78 is 10.3. The lowest BCUT2D eigenvalue weighted by atomic mass is 9.74. The molecule has 14 heavy (non-hydrogen) atoms. The second-order valence-electron chi connectivity index (χ2n) is 3.98. The van der Waals surface area contributed by atoms with E-state index >= 15 is 0 Å². The van der Waals surface area contributed by atoms with Crippen LogP contribution in [-0.2, 0) is 14.3 Å². The van der Waals surface area contributed by atoms with Gasteiger partial charge in [0.25, 0.3) is 0 Å². The first-order chi connectivity index (χ1) is 6.64. The van der Waals surface area contributed by atoms with Gasteiger partial charge in [0.1, 0.15) is 6.61 Å². The van der Waals surface area contributed by atoms with Crippen LogP contribution in [0.4, 0.5) is 0 Å². The molecule has 0 aliphatic carbocycles. The summed E-state index contributed by atoms with van der Waals surface area (Å²) in [6.07, 6.45) is 2.28. The number of carbonyl (C=O) groups is 1. The zero-order valence-corrected chi connectivity index (χ0v) is 8.91. The molecule has 1 fully saturated rings. The van der Waals surface area contributed by atoms with Gasteiger partial charge in [0.15, 0.2) is 0 Å². The first-order valence-corrected chi connectivity index (χ1v) is 5.01. The van der Waals surface area contributed by atoms with Crippen molar-refractivity contribution in [3.8, 4) is 0 Å². The van der Waals surface area contributed by atoms with E-state index in [-0.39, 0.29) is 11.4 Å². The van der Waals surface area contributed by atoms with Crippen LogP contribution in [0.3, 0.4) is 0 Å². The molecule has 0 spiro atoms. The second-order valence-corrected chi connectivity index (χ2v) is 3.98. The van der Waals surface area contributed by atoms with Gasteiger partial charge in [-0.2, -0.15) is 0 Å². The number of esters is 1. The van der Waals surface area contributed by atoms with Gasteiger partial charge >= 0.3 is 5.97 Å². The Morgan fingerprint density at radius 3 is 2.71 bits per heavy atom. The third-order valence-corrected chi connectivity index (χ3v) is 3.11. The minimum absolute atomic E-state index is 0.0490.